The maximum absolute atomic E-state index is 5.53. The van der Waals surface area contributed by atoms with Crippen molar-refractivity contribution in [3.05, 3.63) is 58.3 Å². The minimum atomic E-state index is 0.759. The van der Waals surface area contributed by atoms with Crippen LogP contribution < -0.4 is 9.47 Å². The molecule has 1 heterocycles. The van der Waals surface area contributed by atoms with Gasteiger partial charge in [0.2, 0.25) is 0 Å². The monoisotopic (exact) mass is 406 g/mol. The zero-order valence-electron chi connectivity index (χ0n) is 12.3. The van der Waals surface area contributed by atoms with Crippen molar-refractivity contribution < 1.29 is 9.47 Å². The third-order valence-electron chi connectivity index (χ3n) is 3.39. The second-order valence-corrected chi connectivity index (χ2v) is 5.81. The topological polar surface area (TPSA) is 36.3 Å². The number of aromatic nitrogens is 2. The number of hydrogen-bond donors (Lipinski definition) is 0. The lowest BCUT2D eigenvalue weighted by Crippen LogP contribution is -2.00. The van der Waals surface area contributed by atoms with Crippen LogP contribution in [-0.4, -0.2) is 24.0 Å². The highest BCUT2D eigenvalue weighted by atomic mass is 127. The Labute approximate surface area is 142 Å². The predicted molar refractivity (Wildman–Crippen MR) is 94.8 cm³/mol. The van der Waals surface area contributed by atoms with Crippen LogP contribution in [0.3, 0.4) is 0 Å². The lowest BCUT2D eigenvalue weighted by Gasteiger charge is -2.14. The van der Waals surface area contributed by atoms with E-state index in [-0.39, 0.29) is 0 Å². The molecule has 4 nitrogen and oxygen atoms in total. The molecule has 0 unspecified atom stereocenters. The van der Waals surface area contributed by atoms with E-state index in [1.807, 2.05) is 47.1 Å². The van der Waals surface area contributed by atoms with Crippen LogP contribution in [0.4, 0.5) is 0 Å². The van der Waals surface area contributed by atoms with Crippen molar-refractivity contribution >= 4 is 22.6 Å². The van der Waals surface area contributed by atoms with Gasteiger partial charge in [-0.05, 0) is 46.9 Å². The molecule has 0 saturated carbocycles. The zero-order chi connectivity index (χ0) is 15.5. The summed E-state index contributed by atoms with van der Waals surface area (Å²) in [5.74, 6) is 1.56. The molecule has 5 heteroatoms. The van der Waals surface area contributed by atoms with E-state index in [1.165, 1.54) is 0 Å². The first-order valence-electron chi connectivity index (χ1n) is 6.76. The molecular weight excluding hydrogens is 391 g/mol. The van der Waals surface area contributed by atoms with Crippen molar-refractivity contribution in [3.63, 3.8) is 0 Å². The largest absolute Gasteiger partial charge is 0.496 e. The van der Waals surface area contributed by atoms with E-state index in [1.54, 1.807) is 20.4 Å². The van der Waals surface area contributed by atoms with Gasteiger partial charge in [0.25, 0.3) is 0 Å². The second-order valence-electron chi connectivity index (χ2n) is 4.65. The van der Waals surface area contributed by atoms with Gasteiger partial charge in [0.15, 0.2) is 0 Å². The molecule has 0 spiro atoms. The van der Waals surface area contributed by atoms with Crippen LogP contribution in [0.15, 0.2) is 54.7 Å². The molecule has 3 aromatic rings. The number of ether oxygens (including phenoxy) is 2. The second kappa shape index (κ2) is 6.39. The number of hydrogen-bond acceptors (Lipinski definition) is 3. The number of halogens is 1. The fraction of sp³-hybridized carbons (Fsp3) is 0.118. The van der Waals surface area contributed by atoms with E-state index in [9.17, 15) is 0 Å². The third kappa shape index (κ3) is 2.68. The molecule has 0 aliphatic carbocycles. The van der Waals surface area contributed by atoms with Gasteiger partial charge in [-0.3, -0.25) is 0 Å². The molecule has 2 aromatic carbocycles. The van der Waals surface area contributed by atoms with Crippen LogP contribution in [0.1, 0.15) is 0 Å². The number of para-hydroxylation sites is 1. The lowest BCUT2D eigenvalue weighted by atomic mass is 10.1. The Balaban J connectivity index is 2.17. The van der Waals surface area contributed by atoms with E-state index in [0.29, 0.717) is 0 Å². The number of methoxy groups -OCH3 is 2. The smallest absolute Gasteiger partial charge is 0.135 e. The fourth-order valence-corrected chi connectivity index (χ4v) is 3.03. The Hall–Kier alpha value is -2.02. The van der Waals surface area contributed by atoms with E-state index in [0.717, 1.165) is 32.0 Å². The molecular formula is C17H15IN2O2. The lowest BCUT2D eigenvalue weighted by molar-refractivity contribution is 0.393. The Morgan fingerprint density at radius 1 is 0.955 bits per heavy atom. The van der Waals surface area contributed by atoms with Crippen molar-refractivity contribution in [2.45, 2.75) is 0 Å². The van der Waals surface area contributed by atoms with Crippen LogP contribution >= 0.6 is 22.6 Å². The van der Waals surface area contributed by atoms with Crippen molar-refractivity contribution in [2.24, 2.45) is 0 Å². The summed E-state index contributed by atoms with van der Waals surface area (Å²) in [6, 6.07) is 16.0. The molecule has 0 radical (unpaired) electrons. The predicted octanol–water partition coefficient (Wildman–Crippen LogP) is 4.16. The van der Waals surface area contributed by atoms with Crippen LogP contribution in [0.25, 0.3) is 16.9 Å². The first-order chi connectivity index (χ1) is 10.7. The van der Waals surface area contributed by atoms with E-state index in [2.05, 4.69) is 33.8 Å². The summed E-state index contributed by atoms with van der Waals surface area (Å²) in [5, 5.41) is 4.44. The van der Waals surface area contributed by atoms with Crippen molar-refractivity contribution in [3.8, 4) is 28.4 Å². The van der Waals surface area contributed by atoms with Gasteiger partial charge in [-0.2, -0.15) is 5.10 Å². The van der Waals surface area contributed by atoms with Gasteiger partial charge < -0.3 is 9.47 Å². The van der Waals surface area contributed by atoms with Crippen molar-refractivity contribution in [2.75, 3.05) is 14.2 Å². The minimum Gasteiger partial charge on any atom is -0.496 e. The summed E-state index contributed by atoms with van der Waals surface area (Å²) >= 11 is 2.26. The third-order valence-corrected chi connectivity index (χ3v) is 4.24. The summed E-state index contributed by atoms with van der Waals surface area (Å²) in [6.07, 6.45) is 1.79. The Morgan fingerprint density at radius 2 is 1.68 bits per heavy atom. The number of rotatable bonds is 4. The quantitative estimate of drug-likeness (QED) is 0.611. The highest BCUT2D eigenvalue weighted by Gasteiger charge is 2.15. The maximum Gasteiger partial charge on any atom is 0.135 e. The van der Waals surface area contributed by atoms with Gasteiger partial charge in [-0.15, -0.1) is 0 Å². The Morgan fingerprint density at radius 3 is 2.36 bits per heavy atom. The molecule has 0 saturated heterocycles. The summed E-state index contributed by atoms with van der Waals surface area (Å²) in [4.78, 5) is 0. The normalized spacial score (nSPS) is 10.5. The average Bonchev–Trinajstić information content (AvgIpc) is 3.05. The van der Waals surface area contributed by atoms with E-state index < -0.39 is 0 Å². The summed E-state index contributed by atoms with van der Waals surface area (Å²) in [6.45, 7) is 0. The molecule has 0 N–H and O–H groups in total. The molecule has 0 aliphatic heterocycles. The molecule has 0 amide bonds. The van der Waals surface area contributed by atoms with Crippen LogP contribution in [-0.2, 0) is 0 Å². The zero-order valence-corrected chi connectivity index (χ0v) is 14.4. The van der Waals surface area contributed by atoms with Crippen molar-refractivity contribution in [1.29, 1.82) is 0 Å². The van der Waals surface area contributed by atoms with E-state index >= 15 is 0 Å². The first kappa shape index (κ1) is 14.9. The van der Waals surface area contributed by atoms with Gasteiger partial charge in [0, 0.05) is 11.6 Å². The molecule has 0 fully saturated rings. The molecule has 22 heavy (non-hydrogen) atoms. The SMILES string of the molecule is COc1cc(OC)c(-c2ccnn2-c2ccccc2)cc1I. The van der Waals surface area contributed by atoms with Gasteiger partial charge in [0.05, 0.1) is 35.4 Å². The average molecular weight is 406 g/mol. The van der Waals surface area contributed by atoms with Gasteiger partial charge >= 0.3 is 0 Å². The summed E-state index contributed by atoms with van der Waals surface area (Å²) < 4.78 is 13.8. The molecule has 3 rings (SSSR count). The Kier molecular flexibility index (Phi) is 4.33. The molecule has 1 aromatic heterocycles. The number of nitrogens with zero attached hydrogens (tertiary/aromatic N) is 2. The minimum absolute atomic E-state index is 0.759. The standard InChI is InChI=1S/C17H15IN2O2/c1-21-16-11-17(22-2)14(18)10-13(16)15-8-9-19-20(15)12-6-4-3-5-7-12/h3-11H,1-2H3. The van der Waals surface area contributed by atoms with Gasteiger partial charge in [0.1, 0.15) is 11.5 Å². The van der Waals surface area contributed by atoms with Crippen molar-refractivity contribution in [1.82, 2.24) is 9.78 Å². The van der Waals surface area contributed by atoms with Gasteiger partial charge in [-0.25, -0.2) is 4.68 Å². The van der Waals surface area contributed by atoms with E-state index in [4.69, 9.17) is 9.47 Å². The number of benzene rings is 2. The molecule has 0 aliphatic rings. The van der Waals surface area contributed by atoms with Crippen LogP contribution in [0.2, 0.25) is 0 Å². The highest BCUT2D eigenvalue weighted by molar-refractivity contribution is 14.1. The summed E-state index contributed by atoms with van der Waals surface area (Å²) in [7, 11) is 3.32. The first-order valence-corrected chi connectivity index (χ1v) is 7.84. The highest BCUT2D eigenvalue weighted by Crippen LogP contribution is 2.37. The summed E-state index contributed by atoms with van der Waals surface area (Å²) in [5.41, 5.74) is 2.97. The Bertz CT molecular complexity index is 785. The van der Waals surface area contributed by atoms with Crippen LogP contribution in [0.5, 0.6) is 11.5 Å². The molecule has 0 bridgehead atoms. The maximum atomic E-state index is 5.53. The molecule has 112 valence electrons. The van der Waals surface area contributed by atoms with Crippen LogP contribution in [0, 0.1) is 3.57 Å². The van der Waals surface area contributed by atoms with Gasteiger partial charge in [-0.1, -0.05) is 18.2 Å². The fourth-order valence-electron chi connectivity index (χ4n) is 2.34. The molecule has 0 atom stereocenters.